The first-order valence-corrected chi connectivity index (χ1v) is 13.7. The van der Waals surface area contributed by atoms with Gasteiger partial charge < -0.3 is 9.30 Å². The molecule has 1 aromatic heterocycles. The molecule has 0 amide bonds. The summed E-state index contributed by atoms with van der Waals surface area (Å²) >= 11 is 0. The minimum atomic E-state index is -3.32. The number of hydrogen-bond donors (Lipinski definition) is 1. The van der Waals surface area contributed by atoms with Crippen LogP contribution < -0.4 is 10.3 Å². The van der Waals surface area contributed by atoms with Gasteiger partial charge in [-0.3, -0.25) is 4.79 Å². The second-order valence-corrected chi connectivity index (χ2v) is 12.5. The van der Waals surface area contributed by atoms with Gasteiger partial charge in [0.25, 0.3) is 5.56 Å². The van der Waals surface area contributed by atoms with Crippen LogP contribution in [0, 0.1) is 24.7 Å². The molecule has 3 saturated carbocycles. The summed E-state index contributed by atoms with van der Waals surface area (Å²) < 4.78 is 36.5. The van der Waals surface area contributed by atoms with Crippen LogP contribution in [0.15, 0.2) is 16.9 Å². The topological polar surface area (TPSA) is 77.4 Å². The van der Waals surface area contributed by atoms with Gasteiger partial charge in [-0.1, -0.05) is 13.0 Å². The lowest BCUT2D eigenvalue weighted by Gasteiger charge is -2.37. The monoisotopic (exact) mass is 448 g/mol. The first-order chi connectivity index (χ1) is 14.8. The van der Waals surface area contributed by atoms with Crippen LogP contribution in [0.3, 0.4) is 0 Å². The molecule has 0 saturated heterocycles. The quantitative estimate of drug-likeness (QED) is 0.694. The van der Waals surface area contributed by atoms with Gasteiger partial charge in [0.1, 0.15) is 0 Å². The number of ether oxygens (including phenoxy) is 1. The van der Waals surface area contributed by atoms with Crippen molar-refractivity contribution < 1.29 is 13.2 Å². The van der Waals surface area contributed by atoms with Crippen LogP contribution in [-0.2, 0) is 21.2 Å². The van der Waals surface area contributed by atoms with Gasteiger partial charge >= 0.3 is 0 Å². The number of sulfonamides is 1. The minimum Gasteiger partial charge on any atom is -0.376 e. The van der Waals surface area contributed by atoms with Crippen LogP contribution in [0.25, 0.3) is 0 Å². The molecule has 2 heterocycles. The van der Waals surface area contributed by atoms with Crippen LogP contribution in [0.5, 0.6) is 0 Å². The zero-order chi connectivity index (χ0) is 21.8. The van der Waals surface area contributed by atoms with Gasteiger partial charge in [0.15, 0.2) is 0 Å². The van der Waals surface area contributed by atoms with E-state index in [9.17, 15) is 13.2 Å². The third-order valence-corrected chi connectivity index (χ3v) is 10.2. The molecule has 1 aliphatic heterocycles. The number of rotatable bonds is 7. The molecule has 3 aliphatic carbocycles. The van der Waals surface area contributed by atoms with E-state index in [0.29, 0.717) is 25.0 Å². The summed E-state index contributed by atoms with van der Waals surface area (Å²) in [7, 11) is -3.32. The second kappa shape index (κ2) is 8.31. The van der Waals surface area contributed by atoms with Gasteiger partial charge in [0, 0.05) is 17.3 Å². The molecular weight excluding hydrogens is 412 g/mol. The lowest BCUT2D eigenvalue weighted by Crippen LogP contribution is -2.50. The molecule has 5 rings (SSSR count). The van der Waals surface area contributed by atoms with Crippen molar-refractivity contribution in [1.29, 1.82) is 0 Å². The summed E-state index contributed by atoms with van der Waals surface area (Å²) in [4.78, 5) is 13.0. The Morgan fingerprint density at radius 2 is 1.81 bits per heavy atom. The third kappa shape index (κ3) is 4.51. The number of hydrogen-bond acceptors (Lipinski definition) is 4. The maximum atomic E-state index is 13.0. The predicted octanol–water partition coefficient (Wildman–Crippen LogP) is 3.33. The maximum absolute atomic E-state index is 13.0. The van der Waals surface area contributed by atoms with E-state index in [1.165, 1.54) is 19.3 Å². The zero-order valence-corrected chi connectivity index (χ0v) is 19.6. The van der Waals surface area contributed by atoms with E-state index in [-0.39, 0.29) is 29.0 Å². The lowest BCUT2D eigenvalue weighted by atomic mass is 9.83. The summed E-state index contributed by atoms with van der Waals surface area (Å²) in [6.45, 7) is 4.57. The predicted molar refractivity (Wildman–Crippen MR) is 121 cm³/mol. The molecule has 7 heteroatoms. The van der Waals surface area contributed by atoms with E-state index in [1.54, 1.807) is 0 Å². The van der Waals surface area contributed by atoms with Crippen LogP contribution in [0.1, 0.15) is 75.6 Å². The lowest BCUT2D eigenvalue weighted by molar-refractivity contribution is -0.00875. The van der Waals surface area contributed by atoms with Crippen molar-refractivity contribution in [1.82, 2.24) is 9.29 Å². The van der Waals surface area contributed by atoms with Gasteiger partial charge in [-0.2, -0.15) is 0 Å². The minimum absolute atomic E-state index is 0.0205. The van der Waals surface area contributed by atoms with Crippen LogP contribution >= 0.6 is 0 Å². The van der Waals surface area contributed by atoms with Crippen molar-refractivity contribution in [2.24, 2.45) is 17.8 Å². The Hall–Kier alpha value is -1.18. The summed E-state index contributed by atoms with van der Waals surface area (Å²) in [6, 6.07) is 3.31. The molecule has 6 nitrogen and oxygen atoms in total. The summed E-state index contributed by atoms with van der Waals surface area (Å²) in [6.07, 6.45) is 9.11. The molecule has 4 aliphatic rings. The zero-order valence-electron chi connectivity index (χ0n) is 18.8. The standard InChI is InChI=1S/C24H36N2O4S/c1-15-3-6-18-7-12-22(25-31(28,29)20-10-11-20)23(26(18)24(15)27)14-30-19-8-4-17(5-9-19)21-13-16(21)2/h3,6,16-17,19-23,25H,4-5,7-14H2,1-2H3/t16-,17?,19?,21+,22?,23?/m0/s1. The van der Waals surface area contributed by atoms with Crippen molar-refractivity contribution >= 4 is 10.0 Å². The SMILES string of the molecule is Cc1ccc2n(c1=O)C(COC1CCC([C@@H]3C[C@@H]3C)CC1)C(NS(=O)(=O)C1CC1)CC2. The van der Waals surface area contributed by atoms with Gasteiger partial charge in [0.05, 0.1) is 24.0 Å². The van der Waals surface area contributed by atoms with Crippen molar-refractivity contribution in [2.75, 3.05) is 6.61 Å². The number of pyridine rings is 1. The largest absolute Gasteiger partial charge is 0.376 e. The highest BCUT2D eigenvalue weighted by Gasteiger charge is 2.42. The van der Waals surface area contributed by atoms with Crippen molar-refractivity contribution in [3.8, 4) is 0 Å². The summed E-state index contributed by atoms with van der Waals surface area (Å²) in [5.41, 5.74) is 1.66. The Balaban J connectivity index is 1.30. The molecule has 2 unspecified atom stereocenters. The third-order valence-electron chi connectivity index (χ3n) is 8.18. The van der Waals surface area contributed by atoms with Gasteiger partial charge in [-0.25, -0.2) is 13.1 Å². The van der Waals surface area contributed by atoms with Crippen molar-refractivity contribution in [3.05, 3.63) is 33.7 Å². The molecule has 1 N–H and O–H groups in total. The van der Waals surface area contributed by atoms with Crippen LogP contribution in [0.2, 0.25) is 0 Å². The van der Waals surface area contributed by atoms with E-state index in [1.807, 2.05) is 23.6 Å². The van der Waals surface area contributed by atoms with Gasteiger partial charge in [-0.15, -0.1) is 0 Å². The molecular formula is C24H36N2O4S. The molecule has 0 aromatic carbocycles. The summed E-state index contributed by atoms with van der Waals surface area (Å²) in [5.74, 6) is 2.68. The number of nitrogens with one attached hydrogen (secondary N) is 1. The number of fused-ring (bicyclic) bond motifs is 1. The van der Waals surface area contributed by atoms with Gasteiger partial charge in [0.2, 0.25) is 10.0 Å². The average molecular weight is 449 g/mol. The fourth-order valence-corrected chi connectivity index (χ4v) is 7.52. The highest BCUT2D eigenvalue weighted by Crippen LogP contribution is 2.49. The molecule has 0 spiro atoms. The van der Waals surface area contributed by atoms with E-state index in [2.05, 4.69) is 11.6 Å². The Bertz CT molecular complexity index is 976. The van der Waals surface area contributed by atoms with E-state index < -0.39 is 10.0 Å². The van der Waals surface area contributed by atoms with Gasteiger partial charge in [-0.05, 0) is 88.5 Å². The smallest absolute Gasteiger partial charge is 0.254 e. The van der Waals surface area contributed by atoms with E-state index in [4.69, 9.17) is 4.74 Å². The highest BCUT2D eigenvalue weighted by atomic mass is 32.2. The highest BCUT2D eigenvalue weighted by molar-refractivity contribution is 7.90. The molecule has 31 heavy (non-hydrogen) atoms. The molecule has 0 radical (unpaired) electrons. The number of aromatic nitrogens is 1. The van der Waals surface area contributed by atoms with E-state index in [0.717, 1.165) is 49.1 Å². The van der Waals surface area contributed by atoms with Crippen molar-refractivity contribution in [3.63, 3.8) is 0 Å². The second-order valence-electron chi connectivity index (χ2n) is 10.5. The van der Waals surface area contributed by atoms with Crippen molar-refractivity contribution in [2.45, 2.75) is 95.1 Å². The first kappa shape index (κ1) is 21.7. The molecule has 0 bridgehead atoms. The molecule has 1 aromatic rings. The fraction of sp³-hybridized carbons (Fsp3) is 0.792. The maximum Gasteiger partial charge on any atom is 0.254 e. The molecule has 4 atom stereocenters. The number of nitrogens with zero attached hydrogens (tertiary/aromatic N) is 1. The first-order valence-electron chi connectivity index (χ1n) is 12.2. The molecule has 172 valence electrons. The summed E-state index contributed by atoms with van der Waals surface area (Å²) in [5, 5.41) is -0.259. The number of aryl methyl sites for hydroxylation is 2. The molecule has 3 fully saturated rings. The Morgan fingerprint density at radius 3 is 2.45 bits per heavy atom. The van der Waals surface area contributed by atoms with E-state index >= 15 is 0 Å². The van der Waals surface area contributed by atoms with Crippen LogP contribution in [-0.4, -0.2) is 37.0 Å². The fourth-order valence-electron chi connectivity index (χ4n) is 5.88. The normalized spacial score (nSPS) is 35.5. The Morgan fingerprint density at radius 1 is 1.10 bits per heavy atom. The Kier molecular flexibility index (Phi) is 5.80. The Labute approximate surface area is 185 Å². The average Bonchev–Trinajstić information content (AvgIpc) is 3.66. The van der Waals surface area contributed by atoms with Crippen LogP contribution in [0.4, 0.5) is 0 Å².